The van der Waals surface area contributed by atoms with E-state index in [9.17, 15) is 9.18 Å². The molecule has 0 aliphatic heterocycles. The predicted octanol–water partition coefficient (Wildman–Crippen LogP) is 2.90. The minimum absolute atomic E-state index is 0.204. The highest BCUT2D eigenvalue weighted by Gasteiger charge is 2.11. The molecule has 0 unspecified atom stereocenters. The summed E-state index contributed by atoms with van der Waals surface area (Å²) < 4.78 is 12.9. The molecule has 0 aliphatic rings. The number of rotatable bonds is 4. The van der Waals surface area contributed by atoms with Crippen LogP contribution in [-0.2, 0) is 0 Å². The number of hydrogen-bond donors (Lipinski definition) is 3. The van der Waals surface area contributed by atoms with E-state index in [1.165, 1.54) is 12.1 Å². The van der Waals surface area contributed by atoms with Crippen molar-refractivity contribution in [2.45, 2.75) is 6.92 Å². The van der Waals surface area contributed by atoms with Crippen LogP contribution in [0.25, 0.3) is 0 Å². The van der Waals surface area contributed by atoms with Crippen molar-refractivity contribution in [1.29, 1.82) is 0 Å². The molecule has 104 valence electrons. The van der Waals surface area contributed by atoms with Gasteiger partial charge in [-0.15, -0.1) is 0 Å². The first-order valence-corrected chi connectivity index (χ1v) is 6.30. The Balaban J connectivity index is 2.31. The lowest BCUT2D eigenvalue weighted by atomic mass is 10.1. The SMILES string of the molecule is CCNC(=O)c1cc(N)ccc1Nc1ccc(F)cc1. The van der Waals surface area contributed by atoms with Crippen LogP contribution in [0.1, 0.15) is 17.3 Å². The Morgan fingerprint density at radius 3 is 2.55 bits per heavy atom. The van der Waals surface area contributed by atoms with Gasteiger partial charge in [0.15, 0.2) is 0 Å². The molecule has 0 aliphatic carbocycles. The maximum atomic E-state index is 12.9. The van der Waals surface area contributed by atoms with E-state index in [1.54, 1.807) is 30.3 Å². The zero-order valence-electron chi connectivity index (χ0n) is 11.1. The topological polar surface area (TPSA) is 67.2 Å². The number of halogens is 1. The molecule has 0 heterocycles. The smallest absolute Gasteiger partial charge is 0.253 e. The number of benzene rings is 2. The van der Waals surface area contributed by atoms with Crippen LogP contribution in [0, 0.1) is 5.82 Å². The second-order valence-corrected chi connectivity index (χ2v) is 4.30. The largest absolute Gasteiger partial charge is 0.399 e. The highest BCUT2D eigenvalue weighted by molar-refractivity contribution is 6.01. The molecule has 4 N–H and O–H groups in total. The average molecular weight is 273 g/mol. The Hall–Kier alpha value is -2.56. The Morgan fingerprint density at radius 2 is 1.90 bits per heavy atom. The van der Waals surface area contributed by atoms with Gasteiger partial charge in [0.05, 0.1) is 11.3 Å². The zero-order chi connectivity index (χ0) is 14.5. The summed E-state index contributed by atoms with van der Waals surface area (Å²) in [5.74, 6) is -0.513. The zero-order valence-corrected chi connectivity index (χ0v) is 11.1. The van der Waals surface area contributed by atoms with Crippen molar-refractivity contribution in [2.24, 2.45) is 0 Å². The third kappa shape index (κ3) is 3.26. The standard InChI is InChI=1S/C15H16FN3O/c1-2-18-15(20)13-9-11(17)5-8-14(13)19-12-6-3-10(16)4-7-12/h3-9,19H,2,17H2,1H3,(H,18,20). The third-order valence-electron chi connectivity index (χ3n) is 2.75. The van der Waals surface area contributed by atoms with Crippen LogP contribution in [0.15, 0.2) is 42.5 Å². The number of anilines is 3. The summed E-state index contributed by atoms with van der Waals surface area (Å²) in [7, 11) is 0. The number of nitrogens with one attached hydrogen (secondary N) is 2. The Kier molecular flexibility index (Phi) is 4.20. The third-order valence-corrected chi connectivity index (χ3v) is 2.75. The van der Waals surface area contributed by atoms with Crippen molar-refractivity contribution in [1.82, 2.24) is 5.32 Å². The van der Waals surface area contributed by atoms with E-state index in [0.29, 0.717) is 29.2 Å². The number of nitrogen functional groups attached to an aromatic ring is 1. The number of hydrogen-bond acceptors (Lipinski definition) is 3. The minimum atomic E-state index is -0.309. The Bertz CT molecular complexity index is 611. The van der Waals surface area contributed by atoms with Crippen molar-refractivity contribution < 1.29 is 9.18 Å². The van der Waals surface area contributed by atoms with Crippen LogP contribution in [0.5, 0.6) is 0 Å². The van der Waals surface area contributed by atoms with Crippen LogP contribution in [0.2, 0.25) is 0 Å². The van der Waals surface area contributed by atoms with E-state index >= 15 is 0 Å². The monoisotopic (exact) mass is 273 g/mol. The fourth-order valence-corrected chi connectivity index (χ4v) is 1.80. The molecule has 0 spiro atoms. The van der Waals surface area contributed by atoms with E-state index in [2.05, 4.69) is 10.6 Å². The van der Waals surface area contributed by atoms with Crippen molar-refractivity contribution in [3.8, 4) is 0 Å². The minimum Gasteiger partial charge on any atom is -0.399 e. The summed E-state index contributed by atoms with van der Waals surface area (Å²) in [6.45, 7) is 2.38. The number of carbonyl (C=O) groups excluding carboxylic acids is 1. The predicted molar refractivity (Wildman–Crippen MR) is 78.5 cm³/mol. The molecule has 2 rings (SSSR count). The Morgan fingerprint density at radius 1 is 1.20 bits per heavy atom. The first-order chi connectivity index (χ1) is 9.60. The molecule has 20 heavy (non-hydrogen) atoms. The summed E-state index contributed by atoms with van der Waals surface area (Å²) in [6.07, 6.45) is 0. The quantitative estimate of drug-likeness (QED) is 0.750. The highest BCUT2D eigenvalue weighted by Crippen LogP contribution is 2.23. The molecule has 0 fully saturated rings. The maximum Gasteiger partial charge on any atom is 0.253 e. The molecule has 2 aromatic carbocycles. The Labute approximate surface area is 116 Å². The molecule has 2 aromatic rings. The molecule has 0 saturated heterocycles. The molecular weight excluding hydrogens is 257 g/mol. The van der Waals surface area contributed by atoms with Crippen LogP contribution in [-0.4, -0.2) is 12.5 Å². The van der Waals surface area contributed by atoms with Gasteiger partial charge in [0.1, 0.15) is 5.82 Å². The van der Waals surface area contributed by atoms with E-state index in [4.69, 9.17) is 5.73 Å². The second kappa shape index (κ2) is 6.06. The molecule has 0 radical (unpaired) electrons. The van der Waals surface area contributed by atoms with Gasteiger partial charge in [-0.3, -0.25) is 4.79 Å². The van der Waals surface area contributed by atoms with Crippen LogP contribution in [0.3, 0.4) is 0 Å². The van der Waals surface area contributed by atoms with Gasteiger partial charge in [-0.05, 0) is 49.4 Å². The van der Waals surface area contributed by atoms with Gasteiger partial charge in [-0.2, -0.15) is 0 Å². The van der Waals surface area contributed by atoms with Gasteiger partial charge in [-0.25, -0.2) is 4.39 Å². The summed E-state index contributed by atoms with van der Waals surface area (Å²) in [5.41, 5.74) is 8.00. The summed E-state index contributed by atoms with van der Waals surface area (Å²) in [4.78, 5) is 12.0. The number of carbonyl (C=O) groups is 1. The fraction of sp³-hybridized carbons (Fsp3) is 0.133. The van der Waals surface area contributed by atoms with Crippen molar-refractivity contribution >= 4 is 23.0 Å². The summed E-state index contributed by atoms with van der Waals surface area (Å²) in [6, 6.07) is 11.0. The molecule has 0 aromatic heterocycles. The molecule has 1 amide bonds. The van der Waals surface area contributed by atoms with E-state index in [1.807, 2.05) is 6.92 Å². The molecule has 0 atom stereocenters. The molecular formula is C15H16FN3O. The lowest BCUT2D eigenvalue weighted by Crippen LogP contribution is -2.23. The van der Waals surface area contributed by atoms with Crippen molar-refractivity contribution in [3.63, 3.8) is 0 Å². The second-order valence-electron chi connectivity index (χ2n) is 4.30. The lowest BCUT2D eigenvalue weighted by molar-refractivity contribution is 0.0956. The first-order valence-electron chi connectivity index (χ1n) is 6.30. The molecule has 0 bridgehead atoms. The van der Waals surface area contributed by atoms with Crippen LogP contribution < -0.4 is 16.4 Å². The number of amides is 1. The van der Waals surface area contributed by atoms with E-state index < -0.39 is 0 Å². The fourth-order valence-electron chi connectivity index (χ4n) is 1.80. The molecule has 5 heteroatoms. The van der Waals surface area contributed by atoms with Crippen LogP contribution in [0.4, 0.5) is 21.5 Å². The average Bonchev–Trinajstić information content (AvgIpc) is 2.43. The van der Waals surface area contributed by atoms with Gasteiger partial charge in [0, 0.05) is 17.9 Å². The van der Waals surface area contributed by atoms with Gasteiger partial charge >= 0.3 is 0 Å². The van der Waals surface area contributed by atoms with E-state index in [-0.39, 0.29) is 11.7 Å². The van der Waals surface area contributed by atoms with Gasteiger partial charge in [-0.1, -0.05) is 0 Å². The van der Waals surface area contributed by atoms with Gasteiger partial charge in [0.25, 0.3) is 5.91 Å². The summed E-state index contributed by atoms with van der Waals surface area (Å²) in [5, 5.41) is 5.81. The molecule has 4 nitrogen and oxygen atoms in total. The number of nitrogens with two attached hydrogens (primary N) is 1. The lowest BCUT2D eigenvalue weighted by Gasteiger charge is -2.12. The van der Waals surface area contributed by atoms with Crippen molar-refractivity contribution in [2.75, 3.05) is 17.6 Å². The first kappa shape index (κ1) is 13.9. The van der Waals surface area contributed by atoms with E-state index in [0.717, 1.165) is 0 Å². The highest BCUT2D eigenvalue weighted by atomic mass is 19.1. The normalized spacial score (nSPS) is 10.1. The van der Waals surface area contributed by atoms with Crippen LogP contribution >= 0.6 is 0 Å². The van der Waals surface area contributed by atoms with Crippen molar-refractivity contribution in [3.05, 3.63) is 53.8 Å². The summed E-state index contributed by atoms with van der Waals surface area (Å²) >= 11 is 0. The van der Waals surface area contributed by atoms with Gasteiger partial charge in [0.2, 0.25) is 0 Å². The van der Waals surface area contributed by atoms with Gasteiger partial charge < -0.3 is 16.4 Å². The molecule has 0 saturated carbocycles. The maximum absolute atomic E-state index is 12.9.